The third-order valence-electron chi connectivity index (χ3n) is 1.16. The summed E-state index contributed by atoms with van der Waals surface area (Å²) in [6.07, 6.45) is 0. The van der Waals surface area contributed by atoms with Crippen LogP contribution in [-0.2, 0) is 0 Å². The summed E-state index contributed by atoms with van der Waals surface area (Å²) in [5, 5.41) is 26.2. The molecule has 3 nitrogen and oxygen atoms in total. The van der Waals surface area contributed by atoms with Gasteiger partial charge in [-0.15, -0.1) is 0 Å². The zero-order chi connectivity index (χ0) is 7.00. The molecule has 0 radical (unpaired) electrons. The second-order valence-corrected chi connectivity index (χ2v) is 2.58. The lowest BCUT2D eigenvalue weighted by Crippen LogP contribution is -2.47. The summed E-state index contributed by atoms with van der Waals surface area (Å²) < 4.78 is 0. The molecule has 0 fully saturated rings. The molecule has 3 N–H and O–H groups in total. The van der Waals surface area contributed by atoms with Gasteiger partial charge in [-0.05, 0) is 20.8 Å². The molecular weight excluding hydrogens is 108 g/mol. The molecule has 0 unspecified atom stereocenters. The lowest BCUT2D eigenvalue weighted by atomic mass is 10.0. The van der Waals surface area contributed by atoms with Crippen molar-refractivity contribution in [2.24, 2.45) is 0 Å². The van der Waals surface area contributed by atoms with Crippen LogP contribution in [0.15, 0.2) is 0 Å². The van der Waals surface area contributed by atoms with E-state index in [9.17, 15) is 0 Å². The molecule has 0 heterocycles. The first-order valence-corrected chi connectivity index (χ1v) is 2.42. The standard InChI is InChI=1S/C5H12O3/c1-4(2,6)5(3,7)8/h6-8H,1-3H3. The Morgan fingerprint density at radius 3 is 1.00 bits per heavy atom. The van der Waals surface area contributed by atoms with Crippen molar-refractivity contribution in [3.63, 3.8) is 0 Å². The predicted molar refractivity (Wildman–Crippen MR) is 29.1 cm³/mol. The Morgan fingerprint density at radius 1 is 0.875 bits per heavy atom. The van der Waals surface area contributed by atoms with Crippen LogP contribution in [0.1, 0.15) is 20.8 Å². The fourth-order valence-corrected chi connectivity index (χ4v) is 0. The van der Waals surface area contributed by atoms with E-state index in [0.29, 0.717) is 0 Å². The molecule has 0 rings (SSSR count). The minimum Gasteiger partial charge on any atom is -0.385 e. The molecule has 3 heteroatoms. The lowest BCUT2D eigenvalue weighted by molar-refractivity contribution is -0.249. The van der Waals surface area contributed by atoms with E-state index in [1.165, 1.54) is 13.8 Å². The molecule has 0 aliphatic rings. The summed E-state index contributed by atoms with van der Waals surface area (Å²) in [6, 6.07) is 0. The molecule has 0 bridgehead atoms. The maximum absolute atomic E-state index is 8.85. The molecule has 50 valence electrons. The van der Waals surface area contributed by atoms with E-state index >= 15 is 0 Å². The molecule has 0 amide bonds. The van der Waals surface area contributed by atoms with Crippen molar-refractivity contribution >= 4 is 0 Å². The van der Waals surface area contributed by atoms with Crippen molar-refractivity contribution in [1.82, 2.24) is 0 Å². The van der Waals surface area contributed by atoms with Crippen LogP contribution in [0.3, 0.4) is 0 Å². The van der Waals surface area contributed by atoms with Crippen LogP contribution >= 0.6 is 0 Å². The smallest absolute Gasteiger partial charge is 0.188 e. The van der Waals surface area contributed by atoms with Gasteiger partial charge in [-0.2, -0.15) is 0 Å². The second-order valence-electron chi connectivity index (χ2n) is 2.58. The van der Waals surface area contributed by atoms with Crippen molar-refractivity contribution in [2.75, 3.05) is 0 Å². The van der Waals surface area contributed by atoms with E-state index in [1.807, 2.05) is 0 Å². The minimum atomic E-state index is -2.01. The van der Waals surface area contributed by atoms with E-state index in [2.05, 4.69) is 0 Å². The van der Waals surface area contributed by atoms with Gasteiger partial charge in [-0.25, -0.2) is 0 Å². The Kier molecular flexibility index (Phi) is 1.66. The first kappa shape index (κ1) is 7.88. The van der Waals surface area contributed by atoms with Gasteiger partial charge in [0.2, 0.25) is 0 Å². The maximum Gasteiger partial charge on any atom is 0.188 e. The third-order valence-corrected chi connectivity index (χ3v) is 1.16. The topological polar surface area (TPSA) is 60.7 Å². The fraction of sp³-hybridized carbons (Fsp3) is 1.00. The normalized spacial score (nSPS) is 14.2. The van der Waals surface area contributed by atoms with E-state index in [-0.39, 0.29) is 0 Å². The molecule has 0 aromatic heterocycles. The van der Waals surface area contributed by atoms with E-state index in [1.54, 1.807) is 0 Å². The lowest BCUT2D eigenvalue weighted by Gasteiger charge is -2.29. The average Bonchev–Trinajstić information content (AvgIpc) is 1.25. The molecule has 0 aliphatic heterocycles. The Hall–Kier alpha value is -0.120. The molecule has 0 saturated heterocycles. The first-order chi connectivity index (χ1) is 3.25. The minimum absolute atomic E-state index is 1.13. The number of hydrogen-bond acceptors (Lipinski definition) is 3. The molecule has 8 heavy (non-hydrogen) atoms. The van der Waals surface area contributed by atoms with Crippen molar-refractivity contribution in [3.05, 3.63) is 0 Å². The highest BCUT2D eigenvalue weighted by Crippen LogP contribution is 2.16. The monoisotopic (exact) mass is 120 g/mol. The Bertz CT molecular complexity index is 62.7. The second kappa shape index (κ2) is 1.69. The summed E-state index contributed by atoms with van der Waals surface area (Å²) in [6.45, 7) is 3.78. The van der Waals surface area contributed by atoms with Crippen molar-refractivity contribution in [2.45, 2.75) is 32.2 Å². The zero-order valence-electron chi connectivity index (χ0n) is 5.34. The molecule has 0 aromatic rings. The summed E-state index contributed by atoms with van der Waals surface area (Å²) in [4.78, 5) is 0. The highest BCUT2D eigenvalue weighted by atomic mass is 16.5. The van der Waals surface area contributed by atoms with Gasteiger partial charge in [0.1, 0.15) is 5.60 Å². The molecule has 0 aromatic carbocycles. The van der Waals surface area contributed by atoms with Gasteiger partial charge in [0.25, 0.3) is 0 Å². The Balaban J connectivity index is 4.02. The van der Waals surface area contributed by atoms with Gasteiger partial charge < -0.3 is 15.3 Å². The summed E-state index contributed by atoms with van der Waals surface area (Å²) in [5.74, 6) is -2.01. The van der Waals surface area contributed by atoms with Crippen molar-refractivity contribution in [1.29, 1.82) is 0 Å². The van der Waals surface area contributed by atoms with Gasteiger partial charge in [-0.1, -0.05) is 0 Å². The Labute approximate surface area is 48.6 Å². The van der Waals surface area contributed by atoms with Crippen LogP contribution < -0.4 is 0 Å². The van der Waals surface area contributed by atoms with Crippen molar-refractivity contribution in [3.8, 4) is 0 Å². The van der Waals surface area contributed by atoms with Gasteiger partial charge >= 0.3 is 0 Å². The highest BCUT2D eigenvalue weighted by molar-refractivity contribution is 4.78. The Morgan fingerprint density at radius 2 is 1.00 bits per heavy atom. The van der Waals surface area contributed by atoms with Crippen LogP contribution in [-0.4, -0.2) is 26.7 Å². The zero-order valence-corrected chi connectivity index (χ0v) is 5.34. The van der Waals surface area contributed by atoms with Gasteiger partial charge in [0.15, 0.2) is 5.79 Å². The van der Waals surface area contributed by atoms with Crippen LogP contribution in [0.4, 0.5) is 0 Å². The highest BCUT2D eigenvalue weighted by Gasteiger charge is 2.34. The van der Waals surface area contributed by atoms with Crippen LogP contribution in [0.25, 0.3) is 0 Å². The molecule has 0 atom stereocenters. The molecule has 0 spiro atoms. The van der Waals surface area contributed by atoms with Crippen molar-refractivity contribution < 1.29 is 15.3 Å². The quantitative estimate of drug-likeness (QED) is 0.407. The van der Waals surface area contributed by atoms with E-state index < -0.39 is 11.4 Å². The number of aliphatic hydroxyl groups is 3. The fourth-order valence-electron chi connectivity index (χ4n) is 0. The molecule has 0 saturated carbocycles. The maximum atomic E-state index is 8.85. The number of hydrogen-bond donors (Lipinski definition) is 3. The summed E-state index contributed by atoms with van der Waals surface area (Å²) in [7, 11) is 0. The van der Waals surface area contributed by atoms with Gasteiger partial charge in [0.05, 0.1) is 0 Å². The van der Waals surface area contributed by atoms with Crippen LogP contribution in [0.5, 0.6) is 0 Å². The van der Waals surface area contributed by atoms with Crippen LogP contribution in [0.2, 0.25) is 0 Å². The van der Waals surface area contributed by atoms with Crippen LogP contribution in [0, 0.1) is 0 Å². The predicted octanol–water partition coefficient (Wildman–Crippen LogP) is -0.542. The average molecular weight is 120 g/mol. The first-order valence-electron chi connectivity index (χ1n) is 2.42. The number of rotatable bonds is 1. The SMILES string of the molecule is CC(C)(O)C(C)(O)O. The van der Waals surface area contributed by atoms with Gasteiger partial charge in [-0.3, -0.25) is 0 Å². The van der Waals surface area contributed by atoms with E-state index in [4.69, 9.17) is 15.3 Å². The molecular formula is C5H12O3. The summed E-state index contributed by atoms with van der Waals surface area (Å²) in [5.41, 5.74) is -1.45. The third kappa shape index (κ3) is 1.78. The largest absolute Gasteiger partial charge is 0.385 e. The molecule has 0 aliphatic carbocycles. The van der Waals surface area contributed by atoms with Gasteiger partial charge in [0, 0.05) is 0 Å². The summed E-state index contributed by atoms with van der Waals surface area (Å²) >= 11 is 0. The van der Waals surface area contributed by atoms with E-state index in [0.717, 1.165) is 6.92 Å².